The minimum atomic E-state index is -0.487. The number of nitrogens with one attached hydrogen (secondary N) is 1. The van der Waals surface area contributed by atoms with E-state index in [1.807, 2.05) is 32.9 Å². The highest BCUT2D eigenvalue weighted by Crippen LogP contribution is 2.43. The Hall–Kier alpha value is -1.63. The minimum absolute atomic E-state index is 0.0572. The maximum absolute atomic E-state index is 12.3. The highest BCUT2D eigenvalue weighted by atomic mass is 32.2. The fourth-order valence-corrected chi connectivity index (χ4v) is 4.72. The molecule has 2 saturated heterocycles. The van der Waals surface area contributed by atoms with Crippen molar-refractivity contribution in [2.75, 3.05) is 13.1 Å². The lowest BCUT2D eigenvalue weighted by Crippen LogP contribution is -2.51. The van der Waals surface area contributed by atoms with Gasteiger partial charge in [-0.3, -0.25) is 4.79 Å². The molecule has 25 heavy (non-hydrogen) atoms. The molecule has 1 atom stereocenters. The molecule has 1 spiro atoms. The van der Waals surface area contributed by atoms with Crippen LogP contribution in [0.1, 0.15) is 45.8 Å². The van der Waals surface area contributed by atoms with E-state index in [-0.39, 0.29) is 22.1 Å². The molecule has 0 aromatic carbocycles. The van der Waals surface area contributed by atoms with Gasteiger partial charge < -0.3 is 19.4 Å². The summed E-state index contributed by atoms with van der Waals surface area (Å²) in [6.07, 6.45) is 4.41. The van der Waals surface area contributed by atoms with E-state index in [0.717, 1.165) is 31.4 Å². The molecular weight excluding hydrogens is 340 g/mol. The predicted octanol–water partition coefficient (Wildman–Crippen LogP) is 3.17. The summed E-state index contributed by atoms with van der Waals surface area (Å²) >= 11 is 1.71. The molecule has 2 aliphatic heterocycles. The van der Waals surface area contributed by atoms with Crippen LogP contribution in [0.4, 0.5) is 4.79 Å². The zero-order chi connectivity index (χ0) is 18.1. The van der Waals surface area contributed by atoms with Gasteiger partial charge in [0, 0.05) is 19.5 Å². The van der Waals surface area contributed by atoms with Gasteiger partial charge in [-0.15, -0.1) is 11.8 Å². The summed E-state index contributed by atoms with van der Waals surface area (Å²) in [6.45, 7) is 6.81. The number of carbonyl (C=O) groups is 2. The van der Waals surface area contributed by atoms with Crippen molar-refractivity contribution < 1.29 is 18.7 Å². The fourth-order valence-electron chi connectivity index (χ4n) is 3.20. The summed E-state index contributed by atoms with van der Waals surface area (Å²) in [5.74, 6) is 1.01. The smallest absolute Gasteiger partial charge is 0.410 e. The van der Waals surface area contributed by atoms with Crippen LogP contribution in [-0.2, 0) is 16.0 Å². The standard InChI is InChI=1S/C18H26N2O4S/c1-17(2,3)24-16(22)20-10-8-18(9-11-20)19-15(21)14(25-18)7-6-13-5-4-12-23-13/h4-5,12,14H,6-11H2,1-3H3,(H,19,21). The van der Waals surface area contributed by atoms with Gasteiger partial charge in [0.25, 0.3) is 0 Å². The van der Waals surface area contributed by atoms with Crippen molar-refractivity contribution in [1.29, 1.82) is 0 Å². The number of thioether (sulfide) groups is 1. The Morgan fingerprint density at radius 1 is 1.44 bits per heavy atom. The summed E-state index contributed by atoms with van der Waals surface area (Å²) in [7, 11) is 0. The van der Waals surface area contributed by atoms with E-state index < -0.39 is 5.60 Å². The average molecular weight is 366 g/mol. The van der Waals surface area contributed by atoms with Crippen LogP contribution in [0, 0.1) is 0 Å². The van der Waals surface area contributed by atoms with E-state index in [1.165, 1.54) is 0 Å². The molecule has 2 amide bonds. The Labute approximate surface area is 152 Å². The van der Waals surface area contributed by atoms with E-state index in [9.17, 15) is 9.59 Å². The van der Waals surface area contributed by atoms with Crippen molar-refractivity contribution in [3.05, 3.63) is 24.2 Å². The van der Waals surface area contributed by atoms with Crippen molar-refractivity contribution in [3.8, 4) is 0 Å². The number of amides is 2. The Morgan fingerprint density at radius 3 is 2.76 bits per heavy atom. The lowest BCUT2D eigenvalue weighted by atomic mass is 10.0. The number of ether oxygens (including phenoxy) is 1. The lowest BCUT2D eigenvalue weighted by molar-refractivity contribution is -0.121. The molecule has 3 rings (SSSR count). The van der Waals surface area contributed by atoms with E-state index in [1.54, 1.807) is 22.9 Å². The minimum Gasteiger partial charge on any atom is -0.469 e. The quantitative estimate of drug-likeness (QED) is 0.890. The number of likely N-dealkylation sites (tertiary alicyclic amines) is 1. The van der Waals surface area contributed by atoms with Crippen LogP contribution in [0.25, 0.3) is 0 Å². The molecule has 1 aromatic heterocycles. The lowest BCUT2D eigenvalue weighted by Gasteiger charge is -2.38. The van der Waals surface area contributed by atoms with Crippen LogP contribution < -0.4 is 5.32 Å². The van der Waals surface area contributed by atoms with Gasteiger partial charge in [-0.1, -0.05) is 0 Å². The van der Waals surface area contributed by atoms with Gasteiger partial charge in [0.2, 0.25) is 5.91 Å². The molecule has 1 unspecified atom stereocenters. The molecule has 1 aromatic rings. The van der Waals surface area contributed by atoms with Crippen molar-refractivity contribution in [2.24, 2.45) is 0 Å². The number of furan rings is 1. The number of nitrogens with zero attached hydrogens (tertiary/aromatic N) is 1. The maximum atomic E-state index is 12.3. The molecule has 2 aliphatic rings. The largest absolute Gasteiger partial charge is 0.469 e. The first-order valence-corrected chi connectivity index (χ1v) is 9.64. The van der Waals surface area contributed by atoms with E-state index >= 15 is 0 Å². The zero-order valence-electron chi connectivity index (χ0n) is 15.0. The van der Waals surface area contributed by atoms with Gasteiger partial charge in [0.1, 0.15) is 11.4 Å². The SMILES string of the molecule is CC(C)(C)OC(=O)N1CCC2(CC1)NC(=O)C(CCc1ccco1)S2. The topological polar surface area (TPSA) is 71.8 Å². The van der Waals surface area contributed by atoms with Crippen molar-refractivity contribution >= 4 is 23.8 Å². The summed E-state index contributed by atoms with van der Waals surface area (Å²) in [5.41, 5.74) is -0.487. The Bertz CT molecular complexity index is 616. The molecule has 0 bridgehead atoms. The van der Waals surface area contributed by atoms with Crippen molar-refractivity contribution in [2.45, 2.75) is 62.2 Å². The van der Waals surface area contributed by atoms with E-state index in [0.29, 0.717) is 13.1 Å². The number of rotatable bonds is 3. The van der Waals surface area contributed by atoms with E-state index in [4.69, 9.17) is 9.15 Å². The second kappa shape index (κ2) is 6.94. The monoisotopic (exact) mass is 366 g/mol. The number of hydrogen-bond donors (Lipinski definition) is 1. The molecule has 6 nitrogen and oxygen atoms in total. The highest BCUT2D eigenvalue weighted by Gasteiger charge is 2.47. The third-order valence-electron chi connectivity index (χ3n) is 4.47. The van der Waals surface area contributed by atoms with Crippen LogP contribution in [0.3, 0.4) is 0 Å². The van der Waals surface area contributed by atoms with Crippen LogP contribution in [-0.4, -0.2) is 45.7 Å². The Kier molecular flexibility index (Phi) is 5.04. The molecule has 2 fully saturated rings. The second-order valence-corrected chi connectivity index (χ2v) is 9.26. The number of aryl methyl sites for hydroxylation is 1. The van der Waals surface area contributed by atoms with Gasteiger partial charge in [-0.05, 0) is 52.2 Å². The zero-order valence-corrected chi connectivity index (χ0v) is 15.9. The van der Waals surface area contributed by atoms with Crippen molar-refractivity contribution in [1.82, 2.24) is 10.2 Å². The molecule has 7 heteroatoms. The van der Waals surface area contributed by atoms with Crippen molar-refractivity contribution in [3.63, 3.8) is 0 Å². The van der Waals surface area contributed by atoms with Crippen LogP contribution in [0.15, 0.2) is 22.8 Å². The molecular formula is C18H26N2O4S. The number of hydrogen-bond acceptors (Lipinski definition) is 5. The summed E-state index contributed by atoms with van der Waals surface area (Å²) in [6, 6.07) is 3.80. The molecule has 0 aliphatic carbocycles. The van der Waals surface area contributed by atoms with Gasteiger partial charge in [-0.2, -0.15) is 0 Å². The maximum Gasteiger partial charge on any atom is 0.410 e. The first kappa shape index (κ1) is 18.2. The fraction of sp³-hybridized carbons (Fsp3) is 0.667. The van der Waals surface area contributed by atoms with Gasteiger partial charge in [0.05, 0.1) is 16.4 Å². The molecule has 1 N–H and O–H groups in total. The van der Waals surface area contributed by atoms with E-state index in [2.05, 4.69) is 5.32 Å². The van der Waals surface area contributed by atoms with Gasteiger partial charge in [-0.25, -0.2) is 4.79 Å². The van der Waals surface area contributed by atoms with Crippen LogP contribution >= 0.6 is 11.8 Å². The third kappa shape index (κ3) is 4.51. The second-order valence-electron chi connectivity index (χ2n) is 7.68. The van der Waals surface area contributed by atoms with Gasteiger partial charge in [0.15, 0.2) is 0 Å². The Morgan fingerprint density at radius 2 is 2.16 bits per heavy atom. The average Bonchev–Trinajstić information content (AvgIpc) is 3.13. The number of carbonyl (C=O) groups excluding carboxylic acids is 2. The number of piperidine rings is 1. The molecule has 0 saturated carbocycles. The molecule has 0 radical (unpaired) electrons. The Balaban J connectivity index is 1.51. The van der Waals surface area contributed by atoms with Crippen LogP contribution in [0.5, 0.6) is 0 Å². The normalized spacial score (nSPS) is 22.9. The van der Waals surface area contributed by atoms with Gasteiger partial charge >= 0.3 is 6.09 Å². The molecule has 3 heterocycles. The summed E-state index contributed by atoms with van der Waals surface area (Å²) in [4.78, 5) is 26.0. The molecule has 138 valence electrons. The predicted molar refractivity (Wildman–Crippen MR) is 96.3 cm³/mol. The summed E-state index contributed by atoms with van der Waals surface area (Å²) in [5, 5.41) is 3.11. The highest BCUT2D eigenvalue weighted by molar-refractivity contribution is 8.02. The third-order valence-corrected chi connectivity index (χ3v) is 6.16. The first-order chi connectivity index (χ1) is 11.8. The summed E-state index contributed by atoms with van der Waals surface area (Å²) < 4.78 is 10.8. The first-order valence-electron chi connectivity index (χ1n) is 8.77. The van der Waals surface area contributed by atoms with Crippen LogP contribution in [0.2, 0.25) is 0 Å².